The molecule has 0 saturated carbocycles. The Hall–Kier alpha value is -1.10. The van der Waals surface area contributed by atoms with Crippen molar-refractivity contribution in [2.75, 3.05) is 13.2 Å². The highest BCUT2D eigenvalue weighted by molar-refractivity contribution is 4.91. The summed E-state index contributed by atoms with van der Waals surface area (Å²) in [6.07, 6.45) is 2.33. The number of aromatic amines is 1. The van der Waals surface area contributed by atoms with Gasteiger partial charge in [-0.3, -0.25) is 5.10 Å². The van der Waals surface area contributed by atoms with E-state index in [-0.39, 0.29) is 6.61 Å². The minimum absolute atomic E-state index is 0.375. The molecule has 6 N–H and O–H groups in total. The van der Waals surface area contributed by atoms with Crippen molar-refractivity contribution in [3.05, 3.63) is 12.4 Å². The molecule has 22 heavy (non-hydrogen) atoms. The number of aliphatic hydroxyl groups is 3. The highest BCUT2D eigenvalue weighted by Gasteiger charge is 2.42. The molecule has 0 radical (unpaired) electrons. The lowest BCUT2D eigenvalue weighted by atomic mass is 9.98. The van der Waals surface area contributed by atoms with E-state index >= 15 is 0 Å². The van der Waals surface area contributed by atoms with Gasteiger partial charge in [0.15, 0.2) is 6.29 Å². The number of unbranched alkanes of at least 4 members (excludes halogenated alkanes) is 2. The Balaban J connectivity index is 0.000000406. The van der Waals surface area contributed by atoms with Gasteiger partial charge in [0.1, 0.15) is 18.3 Å². The van der Waals surface area contributed by atoms with Crippen molar-refractivity contribution in [2.45, 2.75) is 56.8 Å². The van der Waals surface area contributed by atoms with E-state index in [0.29, 0.717) is 6.61 Å². The standard InChI is InChI=1S/C11H23NO5.C2H3N3/c1-2-3-4-5-16-11-8(12)10(15)9(14)7(6-13)17-11;1-2-4-5-3-1/h7-11,13-15H,2-6,12H2,1H3;1-2H,(H,3,4,5)/t7-,8+,9-,10-,11?;/m1./s1. The summed E-state index contributed by atoms with van der Waals surface area (Å²) in [4.78, 5) is 0. The van der Waals surface area contributed by atoms with Crippen molar-refractivity contribution < 1.29 is 24.8 Å². The topological polar surface area (TPSA) is 147 Å². The molecule has 0 spiro atoms. The minimum Gasteiger partial charge on any atom is -0.394 e. The molecule has 1 aliphatic rings. The number of nitrogens with zero attached hydrogens (tertiary/aromatic N) is 2. The van der Waals surface area contributed by atoms with Crippen LogP contribution in [0.2, 0.25) is 0 Å². The van der Waals surface area contributed by atoms with E-state index < -0.39 is 30.6 Å². The summed E-state index contributed by atoms with van der Waals surface area (Å²) in [5.74, 6) is 0. The normalized spacial score (nSPS) is 31.4. The monoisotopic (exact) mass is 318 g/mol. The van der Waals surface area contributed by atoms with Gasteiger partial charge in [-0.1, -0.05) is 25.0 Å². The highest BCUT2D eigenvalue weighted by atomic mass is 16.7. The maximum atomic E-state index is 9.67. The third-order valence-electron chi connectivity index (χ3n) is 3.29. The predicted octanol–water partition coefficient (Wildman–Crippen LogP) is -1.24. The zero-order chi connectivity index (χ0) is 16.4. The summed E-state index contributed by atoms with van der Waals surface area (Å²) in [7, 11) is 0. The molecule has 0 bridgehead atoms. The van der Waals surface area contributed by atoms with E-state index in [4.69, 9.17) is 20.3 Å². The highest BCUT2D eigenvalue weighted by Crippen LogP contribution is 2.20. The molecule has 1 saturated heterocycles. The quantitative estimate of drug-likeness (QED) is 0.409. The molecule has 0 aromatic carbocycles. The zero-order valence-electron chi connectivity index (χ0n) is 12.7. The Morgan fingerprint density at radius 1 is 1.32 bits per heavy atom. The Bertz CT molecular complexity index is 348. The average molecular weight is 318 g/mol. The molecule has 1 fully saturated rings. The van der Waals surface area contributed by atoms with Gasteiger partial charge in [0, 0.05) is 12.8 Å². The lowest BCUT2D eigenvalue weighted by Gasteiger charge is -2.40. The first kappa shape index (κ1) is 18.9. The molecule has 5 atom stereocenters. The molecule has 1 unspecified atom stereocenters. The summed E-state index contributed by atoms with van der Waals surface area (Å²) in [5, 5.41) is 37.5. The van der Waals surface area contributed by atoms with Crippen LogP contribution in [0, 0.1) is 0 Å². The maximum absolute atomic E-state index is 9.67. The second kappa shape index (κ2) is 10.6. The van der Waals surface area contributed by atoms with Crippen LogP contribution in [0.3, 0.4) is 0 Å². The Labute approximate surface area is 129 Å². The molecule has 1 aromatic rings. The first-order valence-electron chi connectivity index (χ1n) is 7.41. The molecular weight excluding hydrogens is 292 g/mol. The summed E-state index contributed by atoms with van der Waals surface area (Å²) >= 11 is 0. The first-order chi connectivity index (χ1) is 10.6. The largest absolute Gasteiger partial charge is 0.394 e. The van der Waals surface area contributed by atoms with Crippen molar-refractivity contribution in [3.8, 4) is 0 Å². The molecule has 2 rings (SSSR count). The van der Waals surface area contributed by atoms with Crippen LogP contribution in [-0.2, 0) is 9.47 Å². The third kappa shape index (κ3) is 5.95. The molecule has 0 aliphatic carbocycles. The SMILES string of the molecule is CCCCCOC1O[C@H](CO)[C@@H](O)[C@H](O)[C@@H]1N.c1c[nH]nn1. The first-order valence-corrected chi connectivity index (χ1v) is 7.41. The number of aromatic nitrogens is 3. The van der Waals surface area contributed by atoms with Gasteiger partial charge in [-0.25, -0.2) is 0 Å². The van der Waals surface area contributed by atoms with E-state index in [2.05, 4.69) is 22.3 Å². The summed E-state index contributed by atoms with van der Waals surface area (Å²) in [5.41, 5.74) is 5.70. The number of nitrogens with one attached hydrogen (secondary N) is 1. The fourth-order valence-electron chi connectivity index (χ4n) is 1.97. The van der Waals surface area contributed by atoms with Crippen LogP contribution in [0.1, 0.15) is 26.2 Å². The number of H-pyrrole nitrogens is 1. The van der Waals surface area contributed by atoms with Gasteiger partial charge >= 0.3 is 0 Å². The summed E-state index contributed by atoms with van der Waals surface area (Å²) < 4.78 is 10.7. The second-order valence-corrected chi connectivity index (χ2v) is 5.02. The van der Waals surface area contributed by atoms with E-state index in [1.165, 1.54) is 0 Å². The number of hydrogen-bond donors (Lipinski definition) is 5. The molecule has 2 heterocycles. The third-order valence-corrected chi connectivity index (χ3v) is 3.29. The van der Waals surface area contributed by atoms with Gasteiger partial charge in [0.25, 0.3) is 0 Å². The Morgan fingerprint density at radius 3 is 2.59 bits per heavy atom. The number of ether oxygens (including phenoxy) is 2. The van der Waals surface area contributed by atoms with Crippen molar-refractivity contribution in [3.63, 3.8) is 0 Å². The number of rotatable bonds is 6. The van der Waals surface area contributed by atoms with Gasteiger partial charge in [0.2, 0.25) is 0 Å². The van der Waals surface area contributed by atoms with Crippen molar-refractivity contribution in [1.82, 2.24) is 15.4 Å². The van der Waals surface area contributed by atoms with Crippen LogP contribution in [0.25, 0.3) is 0 Å². The maximum Gasteiger partial charge on any atom is 0.175 e. The summed E-state index contributed by atoms with van der Waals surface area (Å²) in [6, 6.07) is -0.797. The molecule has 9 nitrogen and oxygen atoms in total. The van der Waals surface area contributed by atoms with Crippen LogP contribution < -0.4 is 5.73 Å². The molecule has 9 heteroatoms. The molecule has 128 valence electrons. The lowest BCUT2D eigenvalue weighted by Crippen LogP contribution is -2.62. The smallest absolute Gasteiger partial charge is 0.175 e. The fraction of sp³-hybridized carbons (Fsp3) is 0.846. The van der Waals surface area contributed by atoms with Crippen LogP contribution in [0.5, 0.6) is 0 Å². The lowest BCUT2D eigenvalue weighted by molar-refractivity contribution is -0.265. The molecule has 0 amide bonds. The predicted molar refractivity (Wildman–Crippen MR) is 77.6 cm³/mol. The zero-order valence-corrected chi connectivity index (χ0v) is 12.7. The van der Waals surface area contributed by atoms with Crippen molar-refractivity contribution in [2.24, 2.45) is 5.73 Å². The number of aliphatic hydroxyl groups excluding tert-OH is 3. The van der Waals surface area contributed by atoms with Gasteiger partial charge < -0.3 is 30.5 Å². The summed E-state index contributed by atoms with van der Waals surface area (Å²) in [6.45, 7) is 2.21. The average Bonchev–Trinajstić information content (AvgIpc) is 3.11. The van der Waals surface area contributed by atoms with Crippen LogP contribution in [0.15, 0.2) is 12.4 Å². The van der Waals surface area contributed by atoms with Crippen molar-refractivity contribution >= 4 is 0 Å². The van der Waals surface area contributed by atoms with E-state index in [0.717, 1.165) is 19.3 Å². The molecular formula is C13H26N4O5. The van der Waals surface area contributed by atoms with Gasteiger partial charge in [-0.2, -0.15) is 0 Å². The fourth-order valence-corrected chi connectivity index (χ4v) is 1.97. The van der Waals surface area contributed by atoms with Crippen LogP contribution >= 0.6 is 0 Å². The van der Waals surface area contributed by atoms with Crippen LogP contribution in [0.4, 0.5) is 0 Å². The minimum atomic E-state index is -1.18. The Kier molecular flexibility index (Phi) is 9.13. The van der Waals surface area contributed by atoms with E-state index in [1.54, 1.807) is 12.4 Å². The van der Waals surface area contributed by atoms with E-state index in [9.17, 15) is 10.2 Å². The second-order valence-electron chi connectivity index (χ2n) is 5.02. The van der Waals surface area contributed by atoms with Crippen molar-refractivity contribution in [1.29, 1.82) is 0 Å². The van der Waals surface area contributed by atoms with E-state index in [1.807, 2.05) is 0 Å². The molecule has 1 aromatic heterocycles. The van der Waals surface area contributed by atoms with Gasteiger partial charge in [-0.15, -0.1) is 5.10 Å². The molecule has 1 aliphatic heterocycles. The van der Waals surface area contributed by atoms with Gasteiger partial charge in [0.05, 0.1) is 18.8 Å². The van der Waals surface area contributed by atoms with Crippen LogP contribution in [-0.4, -0.2) is 74.6 Å². The number of nitrogens with two attached hydrogens (primary N) is 1. The van der Waals surface area contributed by atoms with Gasteiger partial charge in [-0.05, 0) is 6.42 Å². The number of hydrogen-bond acceptors (Lipinski definition) is 8. The Morgan fingerprint density at radius 2 is 2.09 bits per heavy atom.